The summed E-state index contributed by atoms with van der Waals surface area (Å²) < 4.78 is 0. The molecule has 1 fully saturated rings. The zero-order valence-corrected chi connectivity index (χ0v) is 17.4. The number of likely N-dealkylation sites (tertiary alicyclic amines) is 1. The van der Waals surface area contributed by atoms with Crippen molar-refractivity contribution in [2.45, 2.75) is 85.7 Å². The summed E-state index contributed by atoms with van der Waals surface area (Å²) in [5.74, 6) is 0.567. The molecule has 0 spiro atoms. The molecule has 1 aromatic rings. The van der Waals surface area contributed by atoms with E-state index in [2.05, 4.69) is 13.8 Å². The maximum atomic E-state index is 12.6. The Morgan fingerprint density at radius 2 is 1.64 bits per heavy atom. The first-order valence-electron chi connectivity index (χ1n) is 10.1. The van der Waals surface area contributed by atoms with Crippen LogP contribution in [0.1, 0.15) is 96.0 Å². The highest BCUT2D eigenvalue weighted by Crippen LogP contribution is 2.26. The number of nitrogens with zero attached hydrogens (tertiary/aromatic N) is 1. The van der Waals surface area contributed by atoms with Crippen LogP contribution in [0.25, 0.3) is 0 Å². The van der Waals surface area contributed by atoms with E-state index in [0.29, 0.717) is 18.9 Å². The number of carbonyl (C=O) groups excluding carboxylic acids is 1. The fourth-order valence-electron chi connectivity index (χ4n) is 2.93. The lowest BCUT2D eigenvalue weighted by atomic mass is 9.92. The van der Waals surface area contributed by atoms with Crippen molar-refractivity contribution in [1.29, 1.82) is 0 Å². The Kier molecular flexibility index (Phi) is 11.4. The number of hydrogen-bond acceptors (Lipinski definition) is 2. The first-order chi connectivity index (χ1) is 11.9. The predicted molar refractivity (Wildman–Crippen MR) is 108 cm³/mol. The van der Waals surface area contributed by atoms with Crippen molar-refractivity contribution in [2.24, 2.45) is 0 Å². The number of carbonyl (C=O) groups is 1. The van der Waals surface area contributed by atoms with Gasteiger partial charge >= 0.3 is 0 Å². The Hall–Kier alpha value is -1.35. The third-order valence-electron chi connectivity index (χ3n) is 4.69. The summed E-state index contributed by atoms with van der Waals surface area (Å²) in [6.07, 6.45) is 3.11. The summed E-state index contributed by atoms with van der Waals surface area (Å²) in [5.41, 5.74) is 1.42. The SMILES string of the molecule is CC.CC.CCC1(O)CCCN(C(=O)c2ccc(C(C)C)cc2)CC1. The molecule has 1 aliphatic heterocycles. The Morgan fingerprint density at radius 3 is 2.12 bits per heavy atom. The standard InChI is InChI=1S/C18H27NO2.2C2H6/c1-4-18(21)10-5-12-19(13-11-18)17(20)16-8-6-15(7-9-16)14(2)3;2*1-2/h6-9,14,21H,4-5,10-13H2,1-3H3;2*1-2H3. The highest BCUT2D eigenvalue weighted by molar-refractivity contribution is 5.94. The van der Waals surface area contributed by atoms with E-state index in [-0.39, 0.29) is 5.91 Å². The van der Waals surface area contributed by atoms with Gasteiger partial charge in [0.25, 0.3) is 5.91 Å². The molecule has 3 heteroatoms. The van der Waals surface area contributed by atoms with E-state index in [1.807, 2.05) is 63.8 Å². The minimum absolute atomic E-state index is 0.0886. The van der Waals surface area contributed by atoms with Gasteiger partial charge in [-0.15, -0.1) is 0 Å². The molecule has 1 saturated heterocycles. The van der Waals surface area contributed by atoms with Gasteiger partial charge in [-0.3, -0.25) is 4.79 Å². The van der Waals surface area contributed by atoms with Gasteiger partial charge in [-0.05, 0) is 49.3 Å². The van der Waals surface area contributed by atoms with Crippen molar-refractivity contribution in [2.75, 3.05) is 13.1 Å². The van der Waals surface area contributed by atoms with Crippen LogP contribution in [0, 0.1) is 0 Å². The van der Waals surface area contributed by atoms with Crippen LogP contribution in [-0.4, -0.2) is 34.6 Å². The molecule has 144 valence electrons. The normalized spacial score (nSPS) is 20.0. The van der Waals surface area contributed by atoms with Crippen molar-refractivity contribution in [1.82, 2.24) is 4.90 Å². The second-order valence-electron chi connectivity index (χ2n) is 6.50. The molecular formula is C22H39NO2. The van der Waals surface area contributed by atoms with Crippen LogP contribution < -0.4 is 0 Å². The lowest BCUT2D eigenvalue weighted by molar-refractivity contribution is 0.0217. The van der Waals surface area contributed by atoms with E-state index in [9.17, 15) is 9.90 Å². The molecule has 2 rings (SSSR count). The number of rotatable bonds is 3. The zero-order chi connectivity index (χ0) is 19.5. The molecule has 1 amide bonds. The van der Waals surface area contributed by atoms with Crippen LogP contribution in [0.4, 0.5) is 0 Å². The van der Waals surface area contributed by atoms with E-state index in [1.165, 1.54) is 5.56 Å². The fourth-order valence-corrected chi connectivity index (χ4v) is 2.93. The minimum Gasteiger partial charge on any atom is -0.390 e. The van der Waals surface area contributed by atoms with Crippen molar-refractivity contribution >= 4 is 5.91 Å². The van der Waals surface area contributed by atoms with Gasteiger partial charge in [-0.1, -0.05) is 60.6 Å². The second-order valence-corrected chi connectivity index (χ2v) is 6.50. The number of aliphatic hydroxyl groups is 1. The van der Waals surface area contributed by atoms with E-state index >= 15 is 0 Å². The molecule has 1 N–H and O–H groups in total. The molecule has 0 aliphatic carbocycles. The van der Waals surface area contributed by atoms with Gasteiger partial charge in [0.2, 0.25) is 0 Å². The molecular weight excluding hydrogens is 310 g/mol. The lowest BCUT2D eigenvalue weighted by Gasteiger charge is -2.25. The van der Waals surface area contributed by atoms with Gasteiger partial charge in [0.15, 0.2) is 0 Å². The second kappa shape index (κ2) is 12.1. The van der Waals surface area contributed by atoms with Gasteiger partial charge in [-0.25, -0.2) is 0 Å². The third kappa shape index (κ3) is 7.19. The molecule has 1 heterocycles. The van der Waals surface area contributed by atoms with Crippen LogP contribution in [-0.2, 0) is 0 Å². The number of hydrogen-bond donors (Lipinski definition) is 1. The van der Waals surface area contributed by atoms with Crippen LogP contribution in [0.2, 0.25) is 0 Å². The topological polar surface area (TPSA) is 40.5 Å². The fraction of sp³-hybridized carbons (Fsp3) is 0.682. The summed E-state index contributed by atoms with van der Waals surface area (Å²) in [6, 6.07) is 7.93. The molecule has 1 atom stereocenters. The zero-order valence-electron chi connectivity index (χ0n) is 17.4. The highest BCUT2D eigenvalue weighted by Gasteiger charge is 2.29. The average molecular weight is 350 g/mol. The summed E-state index contributed by atoms with van der Waals surface area (Å²) in [6.45, 7) is 15.7. The van der Waals surface area contributed by atoms with Gasteiger partial charge in [0.05, 0.1) is 5.60 Å². The molecule has 0 radical (unpaired) electrons. The molecule has 3 nitrogen and oxygen atoms in total. The Morgan fingerprint density at radius 1 is 1.08 bits per heavy atom. The van der Waals surface area contributed by atoms with Gasteiger partial charge in [-0.2, -0.15) is 0 Å². The van der Waals surface area contributed by atoms with Crippen LogP contribution in [0.5, 0.6) is 0 Å². The summed E-state index contributed by atoms with van der Waals surface area (Å²) >= 11 is 0. The molecule has 1 aliphatic rings. The van der Waals surface area contributed by atoms with Gasteiger partial charge in [0, 0.05) is 18.7 Å². The molecule has 0 aromatic heterocycles. The molecule has 0 bridgehead atoms. The van der Waals surface area contributed by atoms with Crippen LogP contribution in [0.3, 0.4) is 0 Å². The predicted octanol–water partition coefficient (Wildman–Crippen LogP) is 5.63. The van der Waals surface area contributed by atoms with E-state index < -0.39 is 5.60 Å². The number of benzene rings is 1. The number of amides is 1. The van der Waals surface area contributed by atoms with E-state index in [4.69, 9.17) is 0 Å². The van der Waals surface area contributed by atoms with Crippen molar-refractivity contribution < 1.29 is 9.90 Å². The maximum Gasteiger partial charge on any atom is 0.253 e. The monoisotopic (exact) mass is 349 g/mol. The maximum absolute atomic E-state index is 12.6. The Labute approximate surface area is 155 Å². The van der Waals surface area contributed by atoms with Crippen LogP contribution in [0.15, 0.2) is 24.3 Å². The largest absolute Gasteiger partial charge is 0.390 e. The van der Waals surface area contributed by atoms with Crippen molar-refractivity contribution in [3.8, 4) is 0 Å². The van der Waals surface area contributed by atoms with Crippen LogP contribution >= 0.6 is 0 Å². The van der Waals surface area contributed by atoms with E-state index in [1.54, 1.807) is 0 Å². The smallest absolute Gasteiger partial charge is 0.253 e. The molecule has 1 unspecified atom stereocenters. The first kappa shape index (κ1) is 23.6. The quantitative estimate of drug-likeness (QED) is 0.768. The Bertz CT molecular complexity index is 481. The third-order valence-corrected chi connectivity index (χ3v) is 4.69. The van der Waals surface area contributed by atoms with Gasteiger partial charge < -0.3 is 10.0 Å². The van der Waals surface area contributed by atoms with E-state index in [0.717, 1.165) is 31.4 Å². The average Bonchev–Trinajstić information content (AvgIpc) is 2.87. The molecule has 25 heavy (non-hydrogen) atoms. The van der Waals surface area contributed by atoms with Gasteiger partial charge in [0.1, 0.15) is 0 Å². The lowest BCUT2D eigenvalue weighted by Crippen LogP contribution is -2.34. The highest BCUT2D eigenvalue weighted by atomic mass is 16.3. The molecule has 1 aromatic carbocycles. The van der Waals surface area contributed by atoms with Crippen molar-refractivity contribution in [3.63, 3.8) is 0 Å². The molecule has 0 saturated carbocycles. The van der Waals surface area contributed by atoms with Crippen molar-refractivity contribution in [3.05, 3.63) is 35.4 Å². The first-order valence-corrected chi connectivity index (χ1v) is 10.1. The summed E-state index contributed by atoms with van der Waals surface area (Å²) in [7, 11) is 0. The summed E-state index contributed by atoms with van der Waals surface area (Å²) in [4.78, 5) is 14.5. The summed E-state index contributed by atoms with van der Waals surface area (Å²) in [5, 5.41) is 10.4. The minimum atomic E-state index is -0.587. The Balaban J connectivity index is 0.00000134.